The average Bonchev–Trinajstić information content (AvgIpc) is 2.95. The van der Waals surface area contributed by atoms with Crippen LogP contribution in [0.2, 0.25) is 0 Å². The maximum absolute atomic E-state index is 12.2. The van der Waals surface area contributed by atoms with Crippen LogP contribution in [0.5, 0.6) is 0 Å². The van der Waals surface area contributed by atoms with Crippen LogP contribution in [0.15, 0.2) is 24.3 Å². The molecule has 0 radical (unpaired) electrons. The van der Waals surface area contributed by atoms with Gasteiger partial charge in [-0.1, -0.05) is 19.1 Å². The Morgan fingerprint density at radius 2 is 2.00 bits per heavy atom. The Labute approximate surface area is 134 Å². The van der Waals surface area contributed by atoms with Gasteiger partial charge in [0, 0.05) is 31.8 Å². The number of amides is 1. The Hall–Kier alpha value is -1.50. The van der Waals surface area contributed by atoms with E-state index in [0.29, 0.717) is 19.4 Å². The second-order valence-electron chi connectivity index (χ2n) is 5.95. The van der Waals surface area contributed by atoms with E-state index in [1.807, 2.05) is 24.3 Å². The highest BCUT2D eigenvalue weighted by Gasteiger charge is 2.26. The van der Waals surface area contributed by atoms with Crippen molar-refractivity contribution in [1.82, 2.24) is 9.88 Å². The SMILES string of the molecule is CN(CC(C)(CO)CO)C(=O)CCc1nc2ccccc2s1. The Bertz CT molecular complexity index is 604. The van der Waals surface area contributed by atoms with E-state index in [4.69, 9.17) is 0 Å². The fourth-order valence-corrected chi connectivity index (χ4v) is 3.21. The number of aliphatic hydroxyl groups excluding tert-OH is 2. The van der Waals surface area contributed by atoms with Gasteiger partial charge in [0.1, 0.15) is 0 Å². The van der Waals surface area contributed by atoms with Gasteiger partial charge in [0.2, 0.25) is 5.91 Å². The summed E-state index contributed by atoms with van der Waals surface area (Å²) in [6.07, 6.45) is 0.987. The highest BCUT2D eigenvalue weighted by Crippen LogP contribution is 2.23. The number of para-hydroxylation sites is 1. The number of fused-ring (bicyclic) bond motifs is 1. The van der Waals surface area contributed by atoms with E-state index in [2.05, 4.69) is 4.98 Å². The largest absolute Gasteiger partial charge is 0.396 e. The molecule has 1 aromatic carbocycles. The number of hydrogen-bond acceptors (Lipinski definition) is 5. The maximum Gasteiger partial charge on any atom is 0.222 e. The molecular weight excluding hydrogens is 300 g/mol. The number of nitrogens with zero attached hydrogens (tertiary/aromatic N) is 2. The molecule has 5 nitrogen and oxygen atoms in total. The molecule has 0 saturated carbocycles. The van der Waals surface area contributed by atoms with E-state index < -0.39 is 5.41 Å². The van der Waals surface area contributed by atoms with Crippen molar-refractivity contribution in [3.63, 3.8) is 0 Å². The van der Waals surface area contributed by atoms with Crippen molar-refractivity contribution in [1.29, 1.82) is 0 Å². The van der Waals surface area contributed by atoms with E-state index in [9.17, 15) is 15.0 Å². The molecule has 2 rings (SSSR count). The lowest BCUT2D eigenvalue weighted by Gasteiger charge is -2.30. The molecule has 0 bridgehead atoms. The van der Waals surface area contributed by atoms with Gasteiger partial charge in [-0.25, -0.2) is 4.98 Å². The van der Waals surface area contributed by atoms with Crippen LogP contribution in [0.3, 0.4) is 0 Å². The number of benzene rings is 1. The van der Waals surface area contributed by atoms with Gasteiger partial charge in [-0.05, 0) is 12.1 Å². The summed E-state index contributed by atoms with van der Waals surface area (Å²) in [4.78, 5) is 18.3. The topological polar surface area (TPSA) is 73.7 Å². The minimum Gasteiger partial charge on any atom is -0.396 e. The average molecular weight is 322 g/mol. The smallest absolute Gasteiger partial charge is 0.222 e. The maximum atomic E-state index is 12.2. The number of rotatable bonds is 7. The van der Waals surface area contributed by atoms with Crippen LogP contribution in [-0.2, 0) is 11.2 Å². The molecule has 0 unspecified atom stereocenters. The van der Waals surface area contributed by atoms with Crippen LogP contribution < -0.4 is 0 Å². The van der Waals surface area contributed by atoms with Crippen LogP contribution in [0, 0.1) is 5.41 Å². The molecule has 0 aliphatic heterocycles. The van der Waals surface area contributed by atoms with E-state index >= 15 is 0 Å². The van der Waals surface area contributed by atoms with Gasteiger partial charge in [0.05, 0.1) is 28.4 Å². The van der Waals surface area contributed by atoms with Crippen molar-refractivity contribution >= 4 is 27.5 Å². The van der Waals surface area contributed by atoms with Crippen molar-refractivity contribution < 1.29 is 15.0 Å². The number of aliphatic hydroxyl groups is 2. The Morgan fingerprint density at radius 3 is 2.64 bits per heavy atom. The first-order valence-electron chi connectivity index (χ1n) is 7.27. The first kappa shape index (κ1) is 16.9. The summed E-state index contributed by atoms with van der Waals surface area (Å²) in [5, 5.41) is 19.6. The van der Waals surface area contributed by atoms with Gasteiger partial charge >= 0.3 is 0 Å². The van der Waals surface area contributed by atoms with Crippen molar-refractivity contribution in [2.75, 3.05) is 26.8 Å². The Morgan fingerprint density at radius 1 is 1.32 bits per heavy atom. The van der Waals surface area contributed by atoms with Crippen LogP contribution >= 0.6 is 11.3 Å². The molecule has 120 valence electrons. The summed E-state index contributed by atoms with van der Waals surface area (Å²) in [6, 6.07) is 7.93. The molecule has 2 aromatic rings. The van der Waals surface area contributed by atoms with Crippen LogP contribution in [0.1, 0.15) is 18.4 Å². The molecule has 2 N–H and O–H groups in total. The van der Waals surface area contributed by atoms with Crippen molar-refractivity contribution in [3.8, 4) is 0 Å². The molecule has 22 heavy (non-hydrogen) atoms. The highest BCUT2D eigenvalue weighted by atomic mass is 32.1. The van der Waals surface area contributed by atoms with Crippen molar-refractivity contribution in [2.45, 2.75) is 19.8 Å². The second kappa shape index (κ2) is 7.17. The highest BCUT2D eigenvalue weighted by molar-refractivity contribution is 7.18. The first-order chi connectivity index (χ1) is 10.5. The van der Waals surface area contributed by atoms with E-state index in [0.717, 1.165) is 15.2 Å². The lowest BCUT2D eigenvalue weighted by Crippen LogP contribution is -2.41. The summed E-state index contributed by atoms with van der Waals surface area (Å²) in [6.45, 7) is 1.78. The van der Waals surface area contributed by atoms with E-state index in [-0.39, 0.29) is 19.1 Å². The van der Waals surface area contributed by atoms with Gasteiger partial charge in [0.15, 0.2) is 0 Å². The second-order valence-corrected chi connectivity index (χ2v) is 7.07. The third-order valence-electron chi connectivity index (χ3n) is 3.70. The minimum atomic E-state index is -0.666. The lowest BCUT2D eigenvalue weighted by molar-refractivity contribution is -0.132. The van der Waals surface area contributed by atoms with Crippen LogP contribution in [-0.4, -0.2) is 52.8 Å². The van der Waals surface area contributed by atoms with Crippen LogP contribution in [0.4, 0.5) is 0 Å². The van der Waals surface area contributed by atoms with Gasteiger partial charge in [0.25, 0.3) is 0 Å². The molecule has 0 saturated heterocycles. The molecule has 0 fully saturated rings. The molecule has 0 atom stereocenters. The predicted octanol–water partition coefficient (Wildman–Crippen LogP) is 1.68. The normalized spacial score (nSPS) is 11.8. The molecule has 0 aliphatic rings. The predicted molar refractivity (Wildman–Crippen MR) is 87.9 cm³/mol. The minimum absolute atomic E-state index is 0.00705. The Balaban J connectivity index is 1.91. The van der Waals surface area contributed by atoms with Gasteiger partial charge < -0.3 is 15.1 Å². The monoisotopic (exact) mass is 322 g/mol. The van der Waals surface area contributed by atoms with Crippen molar-refractivity contribution in [2.24, 2.45) is 5.41 Å². The van der Waals surface area contributed by atoms with Crippen molar-refractivity contribution in [3.05, 3.63) is 29.3 Å². The standard InChI is InChI=1S/C16H22N2O3S/c1-16(10-19,11-20)9-18(2)15(21)8-7-14-17-12-5-3-4-6-13(12)22-14/h3-6,19-20H,7-11H2,1-2H3. The lowest BCUT2D eigenvalue weighted by atomic mass is 9.92. The van der Waals surface area contributed by atoms with E-state index in [1.54, 1.807) is 30.2 Å². The third-order valence-corrected chi connectivity index (χ3v) is 4.80. The molecule has 1 amide bonds. The summed E-state index contributed by atoms with van der Waals surface area (Å²) < 4.78 is 1.13. The van der Waals surface area contributed by atoms with Crippen LogP contribution in [0.25, 0.3) is 10.2 Å². The first-order valence-corrected chi connectivity index (χ1v) is 8.09. The fourth-order valence-electron chi connectivity index (χ4n) is 2.24. The van der Waals surface area contributed by atoms with Gasteiger partial charge in [-0.2, -0.15) is 0 Å². The zero-order valence-corrected chi connectivity index (χ0v) is 13.8. The molecule has 0 spiro atoms. The Kier molecular flexibility index (Phi) is 5.50. The van der Waals surface area contributed by atoms with E-state index in [1.165, 1.54) is 0 Å². The molecule has 0 aliphatic carbocycles. The summed E-state index contributed by atoms with van der Waals surface area (Å²) in [5.41, 5.74) is 0.303. The number of carbonyl (C=O) groups is 1. The quantitative estimate of drug-likeness (QED) is 0.813. The molecule has 6 heteroatoms. The third kappa shape index (κ3) is 4.03. The number of hydrogen-bond donors (Lipinski definition) is 2. The zero-order chi connectivity index (χ0) is 16.2. The fraction of sp³-hybridized carbons (Fsp3) is 0.500. The number of carbonyl (C=O) groups excluding carboxylic acids is 1. The molecule has 1 heterocycles. The van der Waals surface area contributed by atoms with Gasteiger partial charge in [-0.3, -0.25) is 4.79 Å². The molecule has 1 aromatic heterocycles. The number of aryl methyl sites for hydroxylation is 1. The summed E-state index contributed by atoms with van der Waals surface area (Å²) in [7, 11) is 1.70. The number of aromatic nitrogens is 1. The summed E-state index contributed by atoms with van der Waals surface area (Å²) in [5.74, 6) is -0.00705. The number of thiazole rings is 1. The molecular formula is C16H22N2O3S. The van der Waals surface area contributed by atoms with Gasteiger partial charge in [-0.15, -0.1) is 11.3 Å². The summed E-state index contributed by atoms with van der Waals surface area (Å²) >= 11 is 1.61. The zero-order valence-electron chi connectivity index (χ0n) is 13.0.